The molecule has 0 atom stereocenters. The van der Waals surface area contributed by atoms with Crippen LogP contribution in [-0.2, 0) is 14.1 Å². The van der Waals surface area contributed by atoms with Crippen molar-refractivity contribution in [1.82, 2.24) is 24.1 Å². The van der Waals surface area contributed by atoms with Crippen molar-refractivity contribution >= 4 is 22.1 Å². The lowest BCUT2D eigenvalue weighted by Gasteiger charge is -2.13. The molecule has 142 valence electrons. The van der Waals surface area contributed by atoms with E-state index in [0.29, 0.717) is 11.3 Å². The van der Waals surface area contributed by atoms with Crippen molar-refractivity contribution in [2.45, 2.75) is 0 Å². The van der Waals surface area contributed by atoms with Crippen molar-refractivity contribution in [3.05, 3.63) is 65.9 Å². The molecule has 4 rings (SSSR count). The van der Waals surface area contributed by atoms with Crippen molar-refractivity contribution < 1.29 is 4.74 Å². The number of methoxy groups -OCH3 is 1. The van der Waals surface area contributed by atoms with E-state index in [9.17, 15) is 19.2 Å². The van der Waals surface area contributed by atoms with Gasteiger partial charge in [-0.25, -0.2) is 14.6 Å². The third-order valence-corrected chi connectivity index (χ3v) is 4.68. The zero-order valence-corrected chi connectivity index (χ0v) is 15.2. The maximum Gasteiger partial charge on any atom is 0.329 e. The summed E-state index contributed by atoms with van der Waals surface area (Å²) in [5.74, 6) is 0.592. The minimum atomic E-state index is -0.674. The summed E-state index contributed by atoms with van der Waals surface area (Å²) in [5, 5.41) is 0.146. The number of rotatable bonds is 2. The Morgan fingerprint density at radius 2 is 1.29 bits per heavy atom. The van der Waals surface area contributed by atoms with Gasteiger partial charge in [-0.3, -0.25) is 28.7 Å². The molecule has 3 heterocycles. The first-order chi connectivity index (χ1) is 13.3. The van der Waals surface area contributed by atoms with E-state index in [1.165, 1.54) is 21.2 Å². The number of aromatic amines is 2. The number of ether oxygens (including phenoxy) is 1. The van der Waals surface area contributed by atoms with Gasteiger partial charge in [-0.05, 0) is 17.7 Å². The average Bonchev–Trinajstić information content (AvgIpc) is 2.69. The lowest BCUT2D eigenvalue weighted by Crippen LogP contribution is -2.32. The van der Waals surface area contributed by atoms with Gasteiger partial charge >= 0.3 is 11.4 Å². The van der Waals surface area contributed by atoms with Crippen molar-refractivity contribution in [2.75, 3.05) is 7.11 Å². The third kappa shape index (κ3) is 2.38. The lowest BCUT2D eigenvalue weighted by atomic mass is 9.99. The van der Waals surface area contributed by atoms with Gasteiger partial charge in [-0.2, -0.15) is 0 Å². The Labute approximate surface area is 155 Å². The Morgan fingerprint density at radius 3 is 1.71 bits per heavy atom. The number of benzene rings is 1. The largest absolute Gasteiger partial charge is 0.497 e. The molecule has 28 heavy (non-hydrogen) atoms. The Morgan fingerprint density at radius 1 is 0.821 bits per heavy atom. The molecule has 0 aliphatic heterocycles. The van der Waals surface area contributed by atoms with Gasteiger partial charge in [-0.1, -0.05) is 12.1 Å². The highest BCUT2D eigenvalue weighted by Crippen LogP contribution is 2.31. The van der Waals surface area contributed by atoms with Crippen LogP contribution in [0.2, 0.25) is 0 Å². The Balaban J connectivity index is 2.37. The van der Waals surface area contributed by atoms with Crippen LogP contribution in [0.25, 0.3) is 33.2 Å². The highest BCUT2D eigenvalue weighted by molar-refractivity contribution is 6.07. The van der Waals surface area contributed by atoms with E-state index in [1.807, 2.05) is 0 Å². The molecule has 0 spiro atoms. The SMILES string of the molecule is COc1ccc(-c2c3c(=O)[nH]c(=O)n(C)c3nc3c2c(=O)[nH]c(=O)n3C)cc1. The number of hydrogen-bond donors (Lipinski definition) is 2. The van der Waals surface area contributed by atoms with E-state index in [4.69, 9.17) is 4.74 Å². The molecule has 0 amide bonds. The molecular weight excluding hydrogens is 366 g/mol. The molecule has 10 nitrogen and oxygen atoms in total. The molecule has 0 aliphatic rings. The molecule has 0 aliphatic carbocycles. The molecule has 0 unspecified atom stereocenters. The van der Waals surface area contributed by atoms with E-state index in [-0.39, 0.29) is 27.6 Å². The zero-order chi connectivity index (χ0) is 20.2. The second-order valence-corrected chi connectivity index (χ2v) is 6.25. The topological polar surface area (TPSA) is 132 Å². The molecule has 4 aromatic rings. The highest BCUT2D eigenvalue weighted by atomic mass is 16.5. The first-order valence-electron chi connectivity index (χ1n) is 8.24. The number of nitrogens with one attached hydrogen (secondary N) is 2. The maximum atomic E-state index is 12.7. The summed E-state index contributed by atoms with van der Waals surface area (Å²) in [5.41, 5.74) is -1.72. The Bertz CT molecular complexity index is 1400. The molecule has 3 aromatic heterocycles. The highest BCUT2D eigenvalue weighted by Gasteiger charge is 2.21. The van der Waals surface area contributed by atoms with Gasteiger partial charge in [0.2, 0.25) is 0 Å². The van der Waals surface area contributed by atoms with Gasteiger partial charge in [0.05, 0.1) is 17.9 Å². The number of hydrogen-bond acceptors (Lipinski definition) is 6. The minimum Gasteiger partial charge on any atom is -0.497 e. The van der Waals surface area contributed by atoms with Crippen molar-refractivity contribution in [3.63, 3.8) is 0 Å². The first-order valence-corrected chi connectivity index (χ1v) is 8.24. The van der Waals surface area contributed by atoms with Crippen LogP contribution in [0.3, 0.4) is 0 Å². The standard InChI is InChI=1S/C18H15N5O5/c1-22-13-11(15(24)20-17(22)26)10(8-4-6-9(28-3)7-5-8)12-14(19-13)23(2)18(27)21-16(12)25/h4-7H,1-3H3,(H,20,24,26)(H,21,25,27). The van der Waals surface area contributed by atoms with Crippen molar-refractivity contribution in [2.24, 2.45) is 14.1 Å². The van der Waals surface area contributed by atoms with Crippen LogP contribution in [0.5, 0.6) is 5.75 Å². The van der Waals surface area contributed by atoms with Crippen LogP contribution in [0.15, 0.2) is 43.4 Å². The quantitative estimate of drug-likeness (QED) is 0.464. The van der Waals surface area contributed by atoms with Gasteiger partial charge in [0.1, 0.15) is 5.75 Å². The molecule has 0 fully saturated rings. The van der Waals surface area contributed by atoms with E-state index >= 15 is 0 Å². The van der Waals surface area contributed by atoms with Gasteiger partial charge in [0.15, 0.2) is 11.3 Å². The molecule has 1 aromatic carbocycles. The van der Waals surface area contributed by atoms with Crippen LogP contribution in [0.4, 0.5) is 0 Å². The molecular formula is C18H15N5O5. The first kappa shape index (κ1) is 17.5. The van der Waals surface area contributed by atoms with Gasteiger partial charge in [-0.15, -0.1) is 0 Å². The van der Waals surface area contributed by atoms with E-state index in [0.717, 1.165) is 9.13 Å². The summed E-state index contributed by atoms with van der Waals surface area (Å²) in [6, 6.07) is 6.73. The molecule has 0 bridgehead atoms. The number of aryl methyl sites for hydroxylation is 2. The fourth-order valence-electron chi connectivity index (χ4n) is 3.20. The van der Waals surface area contributed by atoms with Gasteiger partial charge < -0.3 is 4.74 Å². The smallest absolute Gasteiger partial charge is 0.329 e. The Kier molecular flexibility index (Phi) is 3.77. The second kappa shape index (κ2) is 6.05. The monoisotopic (exact) mass is 381 g/mol. The van der Waals surface area contributed by atoms with Gasteiger partial charge in [0.25, 0.3) is 11.1 Å². The molecule has 10 heteroatoms. The fourth-order valence-corrected chi connectivity index (χ4v) is 3.20. The fraction of sp³-hybridized carbons (Fsp3) is 0.167. The summed E-state index contributed by atoms with van der Waals surface area (Å²) in [6.07, 6.45) is 0. The third-order valence-electron chi connectivity index (χ3n) is 4.68. The molecule has 0 radical (unpaired) electrons. The van der Waals surface area contributed by atoms with E-state index in [2.05, 4.69) is 15.0 Å². The predicted molar refractivity (Wildman–Crippen MR) is 103 cm³/mol. The summed E-state index contributed by atoms with van der Waals surface area (Å²) in [6.45, 7) is 0. The van der Waals surface area contributed by atoms with Crippen LogP contribution < -0.4 is 27.2 Å². The molecule has 0 saturated carbocycles. The van der Waals surface area contributed by atoms with Crippen LogP contribution in [0.1, 0.15) is 0 Å². The molecule has 0 saturated heterocycles. The summed E-state index contributed by atoms with van der Waals surface area (Å²) < 4.78 is 7.48. The maximum absolute atomic E-state index is 12.7. The van der Waals surface area contributed by atoms with Crippen LogP contribution in [0, 0.1) is 0 Å². The lowest BCUT2D eigenvalue weighted by molar-refractivity contribution is 0.415. The average molecular weight is 381 g/mol. The van der Waals surface area contributed by atoms with E-state index in [1.54, 1.807) is 24.3 Å². The second-order valence-electron chi connectivity index (χ2n) is 6.25. The van der Waals surface area contributed by atoms with Crippen molar-refractivity contribution in [3.8, 4) is 16.9 Å². The number of fused-ring (bicyclic) bond motifs is 2. The number of aromatic nitrogens is 5. The summed E-state index contributed by atoms with van der Waals surface area (Å²) in [4.78, 5) is 58.2. The summed E-state index contributed by atoms with van der Waals surface area (Å²) in [7, 11) is 4.41. The van der Waals surface area contributed by atoms with Gasteiger partial charge in [0, 0.05) is 19.7 Å². The van der Waals surface area contributed by atoms with Crippen molar-refractivity contribution in [1.29, 1.82) is 0 Å². The summed E-state index contributed by atoms with van der Waals surface area (Å²) >= 11 is 0. The predicted octanol–water partition coefficient (Wildman–Crippen LogP) is -0.162. The van der Waals surface area contributed by atoms with Crippen LogP contribution in [-0.4, -0.2) is 31.2 Å². The van der Waals surface area contributed by atoms with E-state index < -0.39 is 22.5 Å². The minimum absolute atomic E-state index is 0.0627. The number of pyridine rings is 1. The number of nitrogens with zero attached hydrogens (tertiary/aromatic N) is 3. The molecule has 2 N–H and O–H groups in total. The number of H-pyrrole nitrogens is 2. The normalized spacial score (nSPS) is 11.2. The van der Waals surface area contributed by atoms with Crippen LogP contribution >= 0.6 is 0 Å². The Hall–Kier alpha value is -3.95. The zero-order valence-electron chi connectivity index (χ0n) is 15.2.